The summed E-state index contributed by atoms with van der Waals surface area (Å²) < 4.78 is 10.3. The summed E-state index contributed by atoms with van der Waals surface area (Å²) >= 11 is 0. The van der Waals surface area contributed by atoms with Gasteiger partial charge in [-0.3, -0.25) is 0 Å². The van der Waals surface area contributed by atoms with Crippen molar-refractivity contribution >= 4 is 16.9 Å². The van der Waals surface area contributed by atoms with Crippen LogP contribution >= 0.6 is 0 Å². The average molecular weight is 325 g/mol. The zero-order valence-corrected chi connectivity index (χ0v) is 11.7. The molecule has 1 aromatic heterocycles. The van der Waals surface area contributed by atoms with E-state index in [1.54, 1.807) is 12.3 Å². The Hall–Kier alpha value is -2.33. The fourth-order valence-corrected chi connectivity index (χ4v) is 2.44. The van der Waals surface area contributed by atoms with Crippen LogP contribution in [0.5, 0.6) is 11.5 Å². The molecule has 0 spiro atoms. The second-order valence-corrected chi connectivity index (χ2v) is 5.24. The minimum atomic E-state index is -1.80. The van der Waals surface area contributed by atoms with Crippen LogP contribution in [-0.2, 0) is 9.53 Å². The number of nitrogens with one attached hydrogen (secondary N) is 1. The van der Waals surface area contributed by atoms with Crippen LogP contribution in [0.4, 0.5) is 0 Å². The first-order chi connectivity index (χ1) is 10.9. The molecule has 9 nitrogen and oxygen atoms in total. The first-order valence-electron chi connectivity index (χ1n) is 6.77. The van der Waals surface area contributed by atoms with Crippen LogP contribution in [0.15, 0.2) is 24.4 Å². The number of ether oxygens (including phenoxy) is 2. The average Bonchev–Trinajstić information content (AvgIpc) is 2.94. The van der Waals surface area contributed by atoms with E-state index in [1.165, 1.54) is 12.1 Å². The number of hydrogen-bond acceptors (Lipinski definition) is 7. The van der Waals surface area contributed by atoms with Crippen LogP contribution in [0.25, 0.3) is 10.9 Å². The maximum atomic E-state index is 11.0. The summed E-state index contributed by atoms with van der Waals surface area (Å²) in [4.78, 5) is 13.9. The highest BCUT2D eigenvalue weighted by molar-refractivity contribution is 5.83. The van der Waals surface area contributed by atoms with Gasteiger partial charge in [-0.05, 0) is 12.1 Å². The topological polar surface area (TPSA) is 152 Å². The lowest BCUT2D eigenvalue weighted by Crippen LogP contribution is -2.61. The van der Waals surface area contributed by atoms with Crippen molar-refractivity contribution in [3.63, 3.8) is 0 Å². The smallest absolute Gasteiger partial charge is 0.335 e. The highest BCUT2D eigenvalue weighted by atomic mass is 16.7. The van der Waals surface area contributed by atoms with Gasteiger partial charge in [0.15, 0.2) is 17.6 Å². The van der Waals surface area contributed by atoms with E-state index >= 15 is 0 Å². The van der Waals surface area contributed by atoms with Crippen LogP contribution in [0.1, 0.15) is 0 Å². The number of aliphatic hydroxyl groups is 3. The van der Waals surface area contributed by atoms with Gasteiger partial charge in [0.25, 0.3) is 0 Å². The van der Waals surface area contributed by atoms with E-state index in [-0.39, 0.29) is 11.5 Å². The summed E-state index contributed by atoms with van der Waals surface area (Å²) in [5.74, 6) is -1.83. The van der Waals surface area contributed by atoms with Gasteiger partial charge in [0.1, 0.15) is 18.3 Å². The van der Waals surface area contributed by atoms with Gasteiger partial charge in [0.2, 0.25) is 6.29 Å². The molecule has 1 aromatic carbocycles. The molecule has 5 atom stereocenters. The fourth-order valence-electron chi connectivity index (χ4n) is 2.44. The summed E-state index contributed by atoms with van der Waals surface area (Å²) in [5.41, 5.74) is 0.637. The van der Waals surface area contributed by atoms with E-state index in [0.29, 0.717) is 5.52 Å². The molecule has 1 aliphatic rings. The number of hydrogen-bond donors (Lipinski definition) is 6. The first kappa shape index (κ1) is 15.6. The quantitative estimate of drug-likeness (QED) is 0.426. The molecule has 2 aromatic rings. The second-order valence-electron chi connectivity index (χ2n) is 5.24. The van der Waals surface area contributed by atoms with Gasteiger partial charge in [-0.15, -0.1) is 0 Å². The first-order valence-corrected chi connectivity index (χ1v) is 6.77. The molecule has 0 saturated carbocycles. The number of carbonyl (C=O) groups is 1. The van der Waals surface area contributed by atoms with Gasteiger partial charge < -0.3 is 40.0 Å². The summed E-state index contributed by atoms with van der Waals surface area (Å²) in [6.07, 6.45) is -6.96. The van der Waals surface area contributed by atoms with Crippen molar-refractivity contribution in [2.24, 2.45) is 0 Å². The van der Waals surface area contributed by atoms with Crippen molar-refractivity contribution in [1.82, 2.24) is 4.98 Å². The van der Waals surface area contributed by atoms with Gasteiger partial charge in [-0.2, -0.15) is 0 Å². The number of phenolic OH excluding ortho intramolecular Hbond substituents is 1. The molecule has 6 N–H and O–H groups in total. The molecule has 9 heteroatoms. The number of aliphatic hydroxyl groups excluding tert-OH is 3. The van der Waals surface area contributed by atoms with Gasteiger partial charge in [-0.25, -0.2) is 4.79 Å². The SMILES string of the molecule is O=C(O)C1OC(Oc2cc3[nH]ccc3cc2O)C(O)C(O)C1O. The third-order valence-electron chi connectivity index (χ3n) is 3.69. The molecule has 23 heavy (non-hydrogen) atoms. The lowest BCUT2D eigenvalue weighted by Gasteiger charge is -2.38. The van der Waals surface area contributed by atoms with E-state index < -0.39 is 36.7 Å². The maximum absolute atomic E-state index is 11.0. The fraction of sp³-hybridized carbons (Fsp3) is 0.357. The number of fused-ring (bicyclic) bond motifs is 1. The molecule has 124 valence electrons. The van der Waals surface area contributed by atoms with Crippen molar-refractivity contribution in [1.29, 1.82) is 0 Å². The number of aromatic amines is 1. The number of aromatic nitrogens is 1. The van der Waals surface area contributed by atoms with Crippen LogP contribution in [0, 0.1) is 0 Å². The van der Waals surface area contributed by atoms with E-state index in [9.17, 15) is 25.2 Å². The molecule has 2 heterocycles. The number of carboxylic acid groups (broad SMARTS) is 1. The second kappa shape index (κ2) is 5.70. The van der Waals surface area contributed by atoms with E-state index in [4.69, 9.17) is 14.6 Å². The molecule has 1 aliphatic heterocycles. The van der Waals surface area contributed by atoms with Crippen LogP contribution in [-0.4, -0.2) is 67.2 Å². The van der Waals surface area contributed by atoms with Gasteiger partial charge in [0, 0.05) is 23.2 Å². The summed E-state index contributed by atoms with van der Waals surface area (Å²) in [5, 5.41) is 48.9. The Morgan fingerprint density at radius 1 is 1.17 bits per heavy atom. The largest absolute Gasteiger partial charge is 0.504 e. The van der Waals surface area contributed by atoms with E-state index in [2.05, 4.69) is 4.98 Å². The Labute approximate surface area is 129 Å². The lowest BCUT2D eigenvalue weighted by atomic mass is 9.99. The van der Waals surface area contributed by atoms with Crippen molar-refractivity contribution in [3.8, 4) is 11.5 Å². The molecular weight excluding hydrogens is 310 g/mol. The lowest BCUT2D eigenvalue weighted by molar-refractivity contribution is -0.271. The molecule has 1 fully saturated rings. The standard InChI is InChI=1S/C14H15NO8/c16-7-3-5-1-2-15-6(5)4-8(7)22-14-11(19)9(17)10(18)12(23-14)13(20)21/h1-4,9-12,14-19H,(H,20,21). The van der Waals surface area contributed by atoms with Crippen molar-refractivity contribution in [2.45, 2.75) is 30.7 Å². The Morgan fingerprint density at radius 3 is 2.61 bits per heavy atom. The van der Waals surface area contributed by atoms with Gasteiger partial charge >= 0.3 is 5.97 Å². The predicted molar refractivity (Wildman–Crippen MR) is 74.9 cm³/mol. The summed E-state index contributed by atoms with van der Waals surface area (Å²) in [7, 11) is 0. The van der Waals surface area contributed by atoms with Gasteiger partial charge in [-0.1, -0.05) is 0 Å². The third kappa shape index (κ3) is 2.70. The Morgan fingerprint density at radius 2 is 1.91 bits per heavy atom. The van der Waals surface area contributed by atoms with Crippen LogP contribution in [0.2, 0.25) is 0 Å². The highest BCUT2D eigenvalue weighted by Gasteiger charge is 2.48. The molecule has 0 amide bonds. The minimum absolute atomic E-state index is 0.0725. The normalized spacial score (nSPS) is 31.2. The maximum Gasteiger partial charge on any atom is 0.335 e. The number of benzene rings is 1. The van der Waals surface area contributed by atoms with Crippen molar-refractivity contribution in [2.75, 3.05) is 0 Å². The molecule has 0 bridgehead atoms. The monoisotopic (exact) mass is 325 g/mol. The van der Waals surface area contributed by atoms with Gasteiger partial charge in [0.05, 0.1) is 0 Å². The Bertz CT molecular complexity index is 729. The van der Waals surface area contributed by atoms with E-state index in [0.717, 1.165) is 5.39 Å². The molecule has 1 saturated heterocycles. The van der Waals surface area contributed by atoms with Crippen LogP contribution in [0.3, 0.4) is 0 Å². The number of H-pyrrole nitrogens is 1. The Kier molecular flexibility index (Phi) is 3.86. The molecule has 3 rings (SSSR count). The molecular formula is C14H15NO8. The number of phenols is 1. The summed E-state index contributed by atoms with van der Waals surface area (Å²) in [6, 6.07) is 4.58. The third-order valence-corrected chi connectivity index (χ3v) is 3.69. The number of aromatic hydroxyl groups is 1. The predicted octanol–water partition coefficient (Wildman–Crippen LogP) is -0.856. The minimum Gasteiger partial charge on any atom is -0.504 e. The number of rotatable bonds is 3. The number of carboxylic acids is 1. The van der Waals surface area contributed by atoms with E-state index in [1.807, 2.05) is 0 Å². The zero-order chi connectivity index (χ0) is 16.7. The zero-order valence-electron chi connectivity index (χ0n) is 11.7. The Balaban J connectivity index is 1.87. The molecule has 5 unspecified atom stereocenters. The highest BCUT2D eigenvalue weighted by Crippen LogP contribution is 2.33. The summed E-state index contributed by atoms with van der Waals surface area (Å²) in [6.45, 7) is 0. The molecule has 0 radical (unpaired) electrons. The number of aliphatic carboxylic acids is 1. The van der Waals surface area contributed by atoms with Crippen LogP contribution < -0.4 is 4.74 Å². The van der Waals surface area contributed by atoms with Crippen molar-refractivity contribution < 1.29 is 39.8 Å². The van der Waals surface area contributed by atoms with Crippen molar-refractivity contribution in [3.05, 3.63) is 24.4 Å². The molecule has 0 aliphatic carbocycles.